The Morgan fingerprint density at radius 3 is 0.754 bits per heavy atom. The van der Waals surface area contributed by atoms with Crippen LogP contribution >= 0.6 is 0 Å². The van der Waals surface area contributed by atoms with Crippen LogP contribution in [0.1, 0.15) is 0 Å². The van der Waals surface area contributed by atoms with Crippen LogP contribution in [0.3, 0.4) is 0 Å². The molecule has 0 saturated carbocycles. The van der Waals surface area contributed by atoms with Gasteiger partial charge in [0.05, 0.1) is 0 Å². The van der Waals surface area contributed by atoms with Gasteiger partial charge in [0.25, 0.3) is 0 Å². The lowest BCUT2D eigenvalue weighted by molar-refractivity contribution is -0.471. The quantitative estimate of drug-likeness (QED) is 0.0710. The molecule has 0 bridgehead atoms. The van der Waals surface area contributed by atoms with E-state index in [9.17, 15) is 159 Å². The minimum atomic E-state index is -11.4. The van der Waals surface area contributed by atoms with Crippen molar-refractivity contribution in [1.82, 2.24) is 5.12 Å². The maximum atomic E-state index is 14.8. The van der Waals surface area contributed by atoms with Gasteiger partial charge in [0.2, 0.25) is 0 Å². The Labute approximate surface area is 283 Å². The van der Waals surface area contributed by atoms with Crippen LogP contribution in [0.4, 0.5) is 154 Å². The van der Waals surface area contributed by atoms with Crippen LogP contribution in [0.15, 0.2) is 0 Å². The maximum absolute atomic E-state index is 14.8. The predicted octanol–water partition coefficient (Wildman–Crippen LogP) is 10.3. The minimum absolute atomic E-state index is 1.22. The van der Waals surface area contributed by atoms with E-state index in [0.29, 0.717) is 0 Å². The fourth-order valence-corrected chi connectivity index (χ4v) is 4.82. The Hall–Kier alpha value is -2.88. The summed E-state index contributed by atoms with van der Waals surface area (Å²) in [6.45, 7) is 0. The lowest BCUT2D eigenvalue weighted by Crippen LogP contribution is -2.77. The van der Waals surface area contributed by atoms with Gasteiger partial charge in [0, 0.05) is 0 Å². The fraction of sp³-hybridized carbons (Fsp3) is 0.938. The molecule has 0 N–H and O–H groups in total. The Kier molecular flexibility index (Phi) is 13.1. The summed E-state index contributed by atoms with van der Waals surface area (Å²) < 4.78 is 468. The molecule has 0 atom stereocenters. The number of carbonyl (C=O) groups is 1. The molecule has 0 aliphatic rings. The first kappa shape index (κ1) is 54.1. The number of hydrogen-bond donors (Lipinski definition) is 0. The van der Waals surface area contributed by atoms with Crippen LogP contribution in [0.5, 0.6) is 0 Å². The second kappa shape index (κ2) is 13.8. The number of nitrogens with zero attached hydrogens (tertiary/aromatic N) is 1. The molecule has 0 aromatic carbocycles. The minimum Gasteiger partial charge on any atom is -0.302 e. The van der Waals surface area contributed by atoms with Gasteiger partial charge in [-0.05, 0) is 0 Å². The van der Waals surface area contributed by atoms with Crippen LogP contribution in [-0.4, -0.2) is 110 Å². The molecule has 0 aromatic rings. The normalized spacial score (nSPS) is 16.6. The third-order valence-corrected chi connectivity index (χ3v) is 8.12. The topological polar surface area (TPSA) is 48.0 Å². The van der Waals surface area contributed by atoms with Crippen LogP contribution in [0, 0.1) is 0 Å². The van der Waals surface area contributed by atoms with Gasteiger partial charge in [-0.3, -0.25) is 4.79 Å². The first-order chi connectivity index (χ1) is 23.9. The van der Waals surface area contributed by atoms with E-state index in [-0.39, 0.29) is 0 Å². The van der Waals surface area contributed by atoms with Crippen molar-refractivity contribution in [3.63, 3.8) is 0 Å². The molecule has 41 heteroatoms. The smallest absolute Gasteiger partial charge is 0.302 e. The third kappa shape index (κ3) is 8.20. The highest BCUT2D eigenvalue weighted by Crippen LogP contribution is 2.64. The van der Waals surface area contributed by atoms with Crippen LogP contribution < -0.4 is 0 Å². The van der Waals surface area contributed by atoms with Gasteiger partial charge >= 0.3 is 105 Å². The molecule has 342 valence electrons. The molecule has 0 heterocycles. The largest absolute Gasteiger partial charge is 0.599 e. The zero-order valence-corrected chi connectivity index (χ0v) is 24.8. The van der Waals surface area contributed by atoms with E-state index in [1.807, 2.05) is 0 Å². The number of rotatable bonds is 15. The molecule has 0 spiro atoms. The highest BCUT2D eigenvalue weighted by molar-refractivity contribution is 6.68. The molecule has 0 unspecified atom stereocenters. The van der Waals surface area contributed by atoms with E-state index in [1.165, 1.54) is 13.3 Å². The van der Waals surface area contributed by atoms with Crippen LogP contribution in [0.25, 0.3) is 0 Å². The monoisotopic (exact) mass is 963 g/mol. The SMILES string of the molecule is O=C(N(F)C(F)(F)C(F)(F)C(F)(F)C(F)(F)C(F)(F)C(F)(F)C(F)(F)C(F)(F)F)C(F)(F)[Si](OC(F)(F)C(F)(F)F)(OC(F)(F)C(F)(F)F)OC(F)(F)C(F)(F)F. The highest BCUT2D eigenvalue weighted by Gasteiger charge is 2.96. The predicted molar refractivity (Wildman–Crippen MR) is 95.6 cm³/mol. The second-order valence-electron chi connectivity index (χ2n) is 9.55. The van der Waals surface area contributed by atoms with Crippen molar-refractivity contribution >= 4 is 14.7 Å². The number of halogens is 35. The van der Waals surface area contributed by atoms with Gasteiger partial charge < -0.3 is 13.3 Å². The number of hydrogen-bond acceptors (Lipinski definition) is 4. The molecule has 1 amide bonds. The molecular formula is C16F35NO4Si. The van der Waals surface area contributed by atoms with Gasteiger partial charge in [0.15, 0.2) is 0 Å². The highest BCUT2D eigenvalue weighted by atomic mass is 28.4. The molecule has 0 aliphatic heterocycles. The molecule has 0 aliphatic carbocycles. The molecule has 0 aromatic heterocycles. The maximum Gasteiger partial charge on any atom is 0.599 e. The summed E-state index contributed by atoms with van der Waals surface area (Å²) in [6, 6.07) is -9.55. The summed E-state index contributed by atoms with van der Waals surface area (Å²) in [6.07, 6.45) is -59.0. The Morgan fingerprint density at radius 2 is 0.544 bits per heavy atom. The first-order valence-electron chi connectivity index (χ1n) is 11.5. The van der Waals surface area contributed by atoms with E-state index in [1.54, 1.807) is 0 Å². The van der Waals surface area contributed by atoms with Crippen molar-refractivity contribution in [2.75, 3.05) is 0 Å². The molecule has 0 radical (unpaired) electrons. The molecule has 0 rings (SSSR count). The van der Waals surface area contributed by atoms with Gasteiger partial charge in [-0.1, -0.05) is 9.60 Å². The van der Waals surface area contributed by atoms with Gasteiger partial charge in [0.1, 0.15) is 0 Å². The van der Waals surface area contributed by atoms with E-state index < -0.39 is 110 Å². The Morgan fingerprint density at radius 1 is 0.333 bits per heavy atom. The Bertz CT molecular complexity index is 1380. The lowest BCUT2D eigenvalue weighted by Gasteiger charge is -2.44. The molecule has 57 heavy (non-hydrogen) atoms. The molecule has 5 nitrogen and oxygen atoms in total. The molecule has 0 saturated heterocycles. The lowest BCUT2D eigenvalue weighted by atomic mass is 9.90. The summed E-state index contributed by atoms with van der Waals surface area (Å²) in [4.78, 5) is 11.6. The van der Waals surface area contributed by atoms with E-state index >= 15 is 0 Å². The van der Waals surface area contributed by atoms with Crippen molar-refractivity contribution in [3.05, 3.63) is 0 Å². The average Bonchev–Trinajstić information content (AvgIpc) is 2.92. The summed E-state index contributed by atoms with van der Waals surface area (Å²) >= 11 is 0. The van der Waals surface area contributed by atoms with Crippen molar-refractivity contribution in [3.8, 4) is 0 Å². The number of carbonyl (C=O) groups excluding carboxylic acids is 1. The van der Waals surface area contributed by atoms with Crippen molar-refractivity contribution in [2.24, 2.45) is 0 Å². The second-order valence-corrected chi connectivity index (χ2v) is 11.9. The summed E-state index contributed by atoms with van der Waals surface area (Å²) in [5, 5.41) is -5.46. The van der Waals surface area contributed by atoms with Crippen LogP contribution in [-0.2, 0) is 18.1 Å². The van der Waals surface area contributed by atoms with E-state index in [0.717, 1.165) is 0 Å². The first-order valence-corrected chi connectivity index (χ1v) is 13.2. The van der Waals surface area contributed by atoms with Crippen molar-refractivity contribution in [1.29, 1.82) is 0 Å². The average molecular weight is 963 g/mol. The third-order valence-electron chi connectivity index (χ3n) is 5.56. The van der Waals surface area contributed by atoms with Gasteiger partial charge in [-0.25, -0.2) is 0 Å². The van der Waals surface area contributed by atoms with E-state index in [4.69, 9.17) is 0 Å². The zero-order chi connectivity index (χ0) is 47.3. The zero-order valence-electron chi connectivity index (χ0n) is 23.8. The summed E-state index contributed by atoms with van der Waals surface area (Å²) in [5.74, 6) is -64.1. The summed E-state index contributed by atoms with van der Waals surface area (Å²) in [5.41, 5.74) is -9.25. The van der Waals surface area contributed by atoms with Gasteiger partial charge in [-0.15, -0.1) is 0 Å². The van der Waals surface area contributed by atoms with E-state index in [2.05, 4.69) is 0 Å². The molecular weight excluding hydrogens is 963 g/mol. The fourth-order valence-electron chi connectivity index (χ4n) is 2.60. The molecule has 0 fully saturated rings. The van der Waals surface area contributed by atoms with Crippen LogP contribution in [0.2, 0.25) is 0 Å². The Balaban J connectivity index is 8.22. The standard InChI is InChI=1S/C16F35NO4Si/c17-2(18,57(54-14(45,46)10(34,35)36,55-15(47,48)11(37,38)39)56-16(49,50)12(40,41)42)1(53)52(51)13(43,44)8(29,30)6(25,26)4(21,22)3(19,20)5(23,24)7(27,28)9(31,32)33. The number of amides is 1. The van der Waals surface area contributed by atoms with Gasteiger partial charge in [-0.2, -0.15) is 149 Å². The van der Waals surface area contributed by atoms with Crippen molar-refractivity contribution < 1.29 is 172 Å². The number of alkyl halides is 34. The summed E-state index contributed by atoms with van der Waals surface area (Å²) in [7, 11) is -11.4. The van der Waals surface area contributed by atoms with Crippen molar-refractivity contribution in [2.45, 2.75) is 90.2 Å².